The molecule has 0 amide bonds. The molecule has 2 N–H and O–H groups in total. The van der Waals surface area contributed by atoms with Crippen molar-refractivity contribution in [2.24, 2.45) is 0 Å². The van der Waals surface area contributed by atoms with Gasteiger partial charge in [-0.15, -0.1) is 0 Å². The molecule has 0 bridgehead atoms. The predicted octanol–water partition coefficient (Wildman–Crippen LogP) is 0.182. The normalized spacial score (nSPS) is 10.5. The van der Waals surface area contributed by atoms with E-state index >= 15 is 0 Å². The van der Waals surface area contributed by atoms with E-state index < -0.39 is 0 Å². The largest absolute Gasteiger partial charge is 0.395 e. The molecule has 0 saturated carbocycles. The first-order valence-corrected chi connectivity index (χ1v) is 4.27. The van der Waals surface area contributed by atoms with Gasteiger partial charge in [0, 0.05) is 24.1 Å². The summed E-state index contributed by atoms with van der Waals surface area (Å²) in [6.07, 6.45) is 0. The highest BCUT2D eigenvalue weighted by Crippen LogP contribution is 2.02. The number of hydrogen-bond donors (Lipinski definition) is 2. The number of halogens is 1. The molecule has 0 saturated heterocycles. The van der Waals surface area contributed by atoms with Crippen LogP contribution in [0.3, 0.4) is 0 Å². The Labute approximate surface area is 75.5 Å². The predicted molar refractivity (Wildman–Crippen MR) is 48.7 cm³/mol. The number of aliphatic hydroxyl groups excluding tert-OH is 2. The molecule has 0 aliphatic heterocycles. The lowest BCUT2D eigenvalue weighted by molar-refractivity contribution is 0.171. The van der Waals surface area contributed by atoms with Crippen LogP contribution in [0.2, 0.25) is 0 Å². The van der Waals surface area contributed by atoms with Crippen LogP contribution in [0.4, 0.5) is 0 Å². The van der Waals surface area contributed by atoms with Gasteiger partial charge in [0.2, 0.25) is 0 Å². The third-order valence-electron chi connectivity index (χ3n) is 1.23. The minimum Gasteiger partial charge on any atom is -0.395 e. The van der Waals surface area contributed by atoms with Crippen LogP contribution in [-0.2, 0) is 0 Å². The van der Waals surface area contributed by atoms with Gasteiger partial charge in [0.25, 0.3) is 0 Å². The zero-order valence-corrected chi connectivity index (χ0v) is 8.05. The van der Waals surface area contributed by atoms with Gasteiger partial charge in [-0.3, -0.25) is 4.90 Å². The molecule has 0 aromatic carbocycles. The SMILES string of the molecule is C=C(Br)CN(CCO)CCO. The van der Waals surface area contributed by atoms with E-state index in [1.807, 2.05) is 4.90 Å². The molecule has 11 heavy (non-hydrogen) atoms. The van der Waals surface area contributed by atoms with E-state index in [2.05, 4.69) is 22.5 Å². The average molecular weight is 224 g/mol. The van der Waals surface area contributed by atoms with Gasteiger partial charge in [-0.2, -0.15) is 0 Å². The maximum Gasteiger partial charge on any atom is 0.0558 e. The third kappa shape index (κ3) is 6.50. The highest BCUT2D eigenvalue weighted by atomic mass is 79.9. The van der Waals surface area contributed by atoms with Crippen molar-refractivity contribution in [2.75, 3.05) is 32.8 Å². The highest BCUT2D eigenvalue weighted by molar-refractivity contribution is 9.11. The molecule has 0 aromatic rings. The van der Waals surface area contributed by atoms with Gasteiger partial charge >= 0.3 is 0 Å². The van der Waals surface area contributed by atoms with Gasteiger partial charge in [-0.05, 0) is 0 Å². The maximum absolute atomic E-state index is 8.61. The first-order valence-electron chi connectivity index (χ1n) is 3.48. The maximum atomic E-state index is 8.61. The second kappa shape index (κ2) is 6.79. The zero-order valence-electron chi connectivity index (χ0n) is 6.46. The van der Waals surface area contributed by atoms with E-state index in [1.165, 1.54) is 0 Å². The summed E-state index contributed by atoms with van der Waals surface area (Å²) in [5.74, 6) is 0. The topological polar surface area (TPSA) is 43.7 Å². The lowest BCUT2D eigenvalue weighted by atomic mass is 10.4. The molecule has 0 atom stereocenters. The Morgan fingerprint density at radius 2 is 1.73 bits per heavy atom. The van der Waals surface area contributed by atoms with Crippen molar-refractivity contribution >= 4 is 15.9 Å². The molecule has 0 aliphatic carbocycles. The molecular formula is C7H14BrNO2. The van der Waals surface area contributed by atoms with Crippen molar-refractivity contribution in [3.05, 3.63) is 11.1 Å². The molecule has 0 heterocycles. The van der Waals surface area contributed by atoms with Crippen molar-refractivity contribution in [1.29, 1.82) is 0 Å². The number of hydrogen-bond acceptors (Lipinski definition) is 3. The van der Waals surface area contributed by atoms with Crippen molar-refractivity contribution in [1.82, 2.24) is 4.90 Å². The smallest absolute Gasteiger partial charge is 0.0558 e. The molecule has 0 unspecified atom stereocenters. The Bertz CT molecular complexity index is 113. The second-order valence-corrected chi connectivity index (χ2v) is 3.36. The molecular weight excluding hydrogens is 210 g/mol. The van der Waals surface area contributed by atoms with Crippen LogP contribution < -0.4 is 0 Å². The Balaban J connectivity index is 3.59. The van der Waals surface area contributed by atoms with Gasteiger partial charge < -0.3 is 10.2 Å². The van der Waals surface area contributed by atoms with Gasteiger partial charge in [0.15, 0.2) is 0 Å². The second-order valence-electron chi connectivity index (χ2n) is 2.24. The van der Waals surface area contributed by atoms with Crippen LogP contribution in [-0.4, -0.2) is 48.0 Å². The summed E-state index contributed by atoms with van der Waals surface area (Å²) in [5, 5.41) is 17.2. The standard InChI is InChI=1S/C7H14BrNO2/c1-7(8)6-9(2-4-10)3-5-11/h10-11H,1-6H2. The fraction of sp³-hybridized carbons (Fsp3) is 0.714. The average Bonchev–Trinajstić information content (AvgIpc) is 1.87. The minimum absolute atomic E-state index is 0.111. The van der Waals surface area contributed by atoms with E-state index in [1.54, 1.807) is 0 Å². The number of nitrogens with zero attached hydrogens (tertiary/aromatic N) is 1. The van der Waals surface area contributed by atoms with Crippen LogP contribution in [0.25, 0.3) is 0 Å². The molecule has 66 valence electrons. The number of rotatable bonds is 6. The summed E-state index contributed by atoms with van der Waals surface area (Å²) in [7, 11) is 0. The van der Waals surface area contributed by atoms with Gasteiger partial charge in [0.1, 0.15) is 0 Å². The molecule has 3 nitrogen and oxygen atoms in total. The van der Waals surface area contributed by atoms with Crippen LogP contribution in [0.15, 0.2) is 11.1 Å². The summed E-state index contributed by atoms with van der Waals surface area (Å²) in [6.45, 7) is 5.71. The van der Waals surface area contributed by atoms with Crippen LogP contribution in [0.5, 0.6) is 0 Å². The van der Waals surface area contributed by atoms with E-state index in [4.69, 9.17) is 10.2 Å². The monoisotopic (exact) mass is 223 g/mol. The summed E-state index contributed by atoms with van der Waals surface area (Å²) in [5.41, 5.74) is 0. The van der Waals surface area contributed by atoms with E-state index in [0.29, 0.717) is 19.6 Å². The lowest BCUT2D eigenvalue weighted by Crippen LogP contribution is -2.30. The van der Waals surface area contributed by atoms with E-state index in [0.717, 1.165) is 4.48 Å². The molecule has 0 aliphatic rings. The third-order valence-corrected chi connectivity index (χ3v) is 1.48. The summed E-state index contributed by atoms with van der Waals surface area (Å²) < 4.78 is 0.861. The van der Waals surface area contributed by atoms with Crippen molar-refractivity contribution in [3.63, 3.8) is 0 Å². The van der Waals surface area contributed by atoms with Gasteiger partial charge in [0.05, 0.1) is 13.2 Å². The van der Waals surface area contributed by atoms with E-state index in [-0.39, 0.29) is 13.2 Å². The van der Waals surface area contributed by atoms with Crippen molar-refractivity contribution < 1.29 is 10.2 Å². The Hall–Kier alpha value is 0.1000. The molecule has 0 aromatic heterocycles. The summed E-state index contributed by atoms with van der Waals surface area (Å²) in [6, 6.07) is 0. The quantitative estimate of drug-likeness (QED) is 0.676. The van der Waals surface area contributed by atoms with Crippen molar-refractivity contribution in [3.8, 4) is 0 Å². The minimum atomic E-state index is 0.111. The number of aliphatic hydroxyl groups is 2. The Morgan fingerprint density at radius 1 is 1.27 bits per heavy atom. The molecule has 0 radical (unpaired) electrons. The first-order chi connectivity index (χ1) is 5.20. The molecule has 4 heteroatoms. The lowest BCUT2D eigenvalue weighted by Gasteiger charge is -2.18. The van der Waals surface area contributed by atoms with Gasteiger partial charge in [-0.25, -0.2) is 0 Å². The molecule has 0 rings (SSSR count). The van der Waals surface area contributed by atoms with Gasteiger partial charge in [-0.1, -0.05) is 22.5 Å². The molecule has 0 fully saturated rings. The Kier molecular flexibility index (Phi) is 6.85. The summed E-state index contributed by atoms with van der Waals surface area (Å²) >= 11 is 3.22. The fourth-order valence-electron chi connectivity index (χ4n) is 0.795. The van der Waals surface area contributed by atoms with Crippen LogP contribution in [0, 0.1) is 0 Å². The van der Waals surface area contributed by atoms with Crippen LogP contribution in [0.1, 0.15) is 0 Å². The van der Waals surface area contributed by atoms with Crippen LogP contribution >= 0.6 is 15.9 Å². The fourth-order valence-corrected chi connectivity index (χ4v) is 1.15. The highest BCUT2D eigenvalue weighted by Gasteiger charge is 2.02. The first kappa shape index (κ1) is 11.1. The summed E-state index contributed by atoms with van der Waals surface area (Å²) in [4.78, 5) is 1.91. The Morgan fingerprint density at radius 3 is 2.00 bits per heavy atom. The zero-order chi connectivity index (χ0) is 8.69. The van der Waals surface area contributed by atoms with Crippen molar-refractivity contribution in [2.45, 2.75) is 0 Å². The van der Waals surface area contributed by atoms with E-state index in [9.17, 15) is 0 Å². The molecule has 0 spiro atoms.